The molecule has 0 fully saturated rings. The van der Waals surface area contributed by atoms with Crippen LogP contribution >= 0.6 is 11.3 Å². The highest BCUT2D eigenvalue weighted by Crippen LogP contribution is 2.57. The van der Waals surface area contributed by atoms with Crippen LogP contribution < -0.4 is 4.90 Å². The number of fused-ring (bicyclic) bond motifs is 9. The molecule has 0 radical (unpaired) electrons. The molecule has 13 aromatic rings. The van der Waals surface area contributed by atoms with E-state index in [1.807, 2.05) is 11.3 Å². The third-order valence-electron chi connectivity index (χ3n) is 14.7. The molecule has 0 unspecified atom stereocenters. The fourth-order valence-corrected chi connectivity index (χ4v) is 13.0. The van der Waals surface area contributed by atoms with Crippen molar-refractivity contribution in [3.63, 3.8) is 0 Å². The van der Waals surface area contributed by atoms with Gasteiger partial charge in [-0.1, -0.05) is 212 Å². The summed E-state index contributed by atoms with van der Waals surface area (Å²) in [4.78, 5) is 2.43. The lowest BCUT2D eigenvalue weighted by molar-refractivity contribution is 0.768. The molecule has 0 saturated heterocycles. The first-order valence-corrected chi connectivity index (χ1v) is 24.9. The number of hydrogen-bond acceptors (Lipinski definition) is 2. The summed E-state index contributed by atoms with van der Waals surface area (Å²) in [6, 6.07) is 98.4. The first-order chi connectivity index (χ1) is 34.7. The average molecular weight is 909 g/mol. The van der Waals surface area contributed by atoms with E-state index in [1.165, 1.54) is 103 Å². The molecule has 0 aliphatic heterocycles. The number of para-hydroxylation sites is 2. The molecule has 0 spiro atoms. The van der Waals surface area contributed by atoms with Gasteiger partial charge in [-0.05, 0) is 121 Å². The maximum absolute atomic E-state index is 2.44. The Labute approximate surface area is 411 Å². The Bertz CT molecular complexity index is 4060. The van der Waals surface area contributed by atoms with Gasteiger partial charge in [0.1, 0.15) is 0 Å². The fourth-order valence-electron chi connectivity index (χ4n) is 11.7. The molecule has 11 aromatic carbocycles. The number of benzene rings is 11. The van der Waals surface area contributed by atoms with Crippen LogP contribution in [0.1, 0.15) is 22.3 Å². The fraction of sp³-hybridized carbons (Fsp3) is 0.0149. The molecule has 1 aliphatic rings. The van der Waals surface area contributed by atoms with Gasteiger partial charge in [-0.15, -0.1) is 11.3 Å². The lowest BCUT2D eigenvalue weighted by Crippen LogP contribution is -2.28. The van der Waals surface area contributed by atoms with E-state index in [0.29, 0.717) is 0 Å². The van der Waals surface area contributed by atoms with Gasteiger partial charge >= 0.3 is 0 Å². The normalized spacial score (nSPS) is 12.7. The second-order valence-electron chi connectivity index (χ2n) is 18.4. The summed E-state index contributed by atoms with van der Waals surface area (Å²) in [5.41, 5.74) is 18.9. The summed E-state index contributed by atoms with van der Waals surface area (Å²) in [5, 5.41) is 5.05. The van der Waals surface area contributed by atoms with Crippen LogP contribution in [-0.2, 0) is 5.41 Å². The van der Waals surface area contributed by atoms with Gasteiger partial charge in [0.2, 0.25) is 0 Å². The van der Waals surface area contributed by atoms with Crippen molar-refractivity contribution in [3.05, 3.63) is 289 Å². The summed E-state index contributed by atoms with van der Waals surface area (Å²) in [6.07, 6.45) is 0. The highest BCUT2D eigenvalue weighted by Gasteiger charge is 2.46. The van der Waals surface area contributed by atoms with Gasteiger partial charge in [-0.3, -0.25) is 0 Å². The zero-order chi connectivity index (χ0) is 46.2. The number of rotatable bonds is 8. The third kappa shape index (κ3) is 6.12. The van der Waals surface area contributed by atoms with Crippen molar-refractivity contribution in [3.8, 4) is 39.1 Å². The van der Waals surface area contributed by atoms with E-state index in [9.17, 15) is 0 Å². The molecule has 1 aliphatic carbocycles. The van der Waals surface area contributed by atoms with Crippen molar-refractivity contribution in [1.82, 2.24) is 4.57 Å². The van der Waals surface area contributed by atoms with Crippen molar-refractivity contribution >= 4 is 70.4 Å². The van der Waals surface area contributed by atoms with E-state index in [4.69, 9.17) is 0 Å². The van der Waals surface area contributed by atoms with Gasteiger partial charge in [-0.25, -0.2) is 0 Å². The molecule has 2 nitrogen and oxygen atoms in total. The smallest absolute Gasteiger partial charge is 0.0727 e. The van der Waals surface area contributed by atoms with E-state index < -0.39 is 5.41 Å². The standard InChI is InChI=1S/C67H44N2S/c1-3-20-48(21-4-1)67(61-33-12-9-27-57(61)58-28-10-13-34-62(58)67)49-22-16-25-53(44-49)68(51-40-36-46(37-41-51)55-30-15-19-45-18-7-8-26-54(45)55)52-42-38-47(39-43-52)56-31-17-32-60-64-66(70-65(56)60)59-29-11-14-35-63(59)69(64)50-23-5-2-6-24-50/h1-44H. The summed E-state index contributed by atoms with van der Waals surface area (Å²) in [5.74, 6) is 0. The van der Waals surface area contributed by atoms with Crippen LogP contribution in [0.4, 0.5) is 17.1 Å². The Hall–Kier alpha value is -8.76. The second kappa shape index (κ2) is 16.2. The largest absolute Gasteiger partial charge is 0.310 e. The highest BCUT2D eigenvalue weighted by molar-refractivity contribution is 7.27. The lowest BCUT2D eigenvalue weighted by atomic mass is 9.67. The molecule has 0 bridgehead atoms. The Balaban J connectivity index is 0.936. The van der Waals surface area contributed by atoms with Crippen molar-refractivity contribution < 1.29 is 0 Å². The van der Waals surface area contributed by atoms with Gasteiger partial charge in [0.15, 0.2) is 0 Å². The summed E-state index contributed by atoms with van der Waals surface area (Å²) >= 11 is 1.90. The van der Waals surface area contributed by atoms with Gasteiger partial charge in [-0.2, -0.15) is 0 Å². The SMILES string of the molecule is c1ccc(-n2c3ccccc3c3sc4c(-c5ccc(N(c6ccc(-c7cccc8ccccc78)cc6)c6cccc(C7(c8ccccc8)c8ccccc8-c8ccccc87)c6)cc5)cccc4c32)cc1. The van der Waals surface area contributed by atoms with E-state index in [2.05, 4.69) is 276 Å². The number of anilines is 3. The minimum Gasteiger partial charge on any atom is -0.310 e. The average Bonchev–Trinajstić information content (AvgIpc) is 4.08. The minimum atomic E-state index is -0.519. The van der Waals surface area contributed by atoms with Crippen LogP contribution in [0.3, 0.4) is 0 Å². The van der Waals surface area contributed by atoms with Gasteiger partial charge in [0.25, 0.3) is 0 Å². The van der Waals surface area contributed by atoms with Crippen LogP contribution in [0.2, 0.25) is 0 Å². The van der Waals surface area contributed by atoms with Gasteiger partial charge in [0, 0.05) is 38.2 Å². The Morgan fingerprint density at radius 2 is 0.857 bits per heavy atom. The maximum atomic E-state index is 2.44. The van der Waals surface area contributed by atoms with E-state index in [0.717, 1.165) is 17.1 Å². The number of nitrogens with zero attached hydrogens (tertiary/aromatic N) is 2. The van der Waals surface area contributed by atoms with Crippen LogP contribution in [-0.4, -0.2) is 4.57 Å². The van der Waals surface area contributed by atoms with Gasteiger partial charge < -0.3 is 9.47 Å². The molecule has 0 amide bonds. The second-order valence-corrected chi connectivity index (χ2v) is 19.4. The predicted molar refractivity (Wildman–Crippen MR) is 297 cm³/mol. The van der Waals surface area contributed by atoms with Crippen molar-refractivity contribution in [2.75, 3.05) is 4.90 Å². The minimum absolute atomic E-state index is 0.519. The third-order valence-corrected chi connectivity index (χ3v) is 15.9. The van der Waals surface area contributed by atoms with Crippen molar-refractivity contribution in [1.29, 1.82) is 0 Å². The summed E-state index contributed by atoms with van der Waals surface area (Å²) < 4.78 is 5.06. The molecule has 0 atom stereocenters. The zero-order valence-electron chi connectivity index (χ0n) is 38.2. The molecule has 2 aromatic heterocycles. The van der Waals surface area contributed by atoms with Crippen LogP contribution in [0, 0.1) is 0 Å². The molecule has 0 N–H and O–H groups in total. The van der Waals surface area contributed by atoms with E-state index in [1.54, 1.807) is 0 Å². The Kier molecular flexibility index (Phi) is 9.33. The monoisotopic (exact) mass is 908 g/mol. The topological polar surface area (TPSA) is 8.17 Å². The summed E-state index contributed by atoms with van der Waals surface area (Å²) in [7, 11) is 0. The zero-order valence-corrected chi connectivity index (χ0v) is 39.0. The molecule has 14 rings (SSSR count). The number of thiophene rings is 1. The first kappa shape index (κ1) is 40.3. The lowest BCUT2D eigenvalue weighted by Gasteiger charge is -2.35. The van der Waals surface area contributed by atoms with Gasteiger partial charge in [0.05, 0.1) is 21.1 Å². The van der Waals surface area contributed by atoms with E-state index in [-0.39, 0.29) is 0 Å². The Morgan fingerprint density at radius 1 is 0.343 bits per heavy atom. The Morgan fingerprint density at radius 3 is 1.59 bits per heavy atom. The first-order valence-electron chi connectivity index (χ1n) is 24.1. The van der Waals surface area contributed by atoms with Crippen molar-refractivity contribution in [2.45, 2.75) is 5.41 Å². The number of aromatic nitrogens is 1. The van der Waals surface area contributed by atoms with Crippen LogP contribution in [0.15, 0.2) is 267 Å². The highest BCUT2D eigenvalue weighted by atomic mass is 32.1. The van der Waals surface area contributed by atoms with Crippen molar-refractivity contribution in [2.24, 2.45) is 0 Å². The molecule has 328 valence electrons. The molecular weight excluding hydrogens is 865 g/mol. The number of hydrogen-bond donors (Lipinski definition) is 0. The maximum Gasteiger partial charge on any atom is 0.0727 e. The molecule has 3 heteroatoms. The molecule has 0 saturated carbocycles. The quantitative estimate of drug-likeness (QED) is 0.147. The van der Waals surface area contributed by atoms with E-state index >= 15 is 0 Å². The molecule has 2 heterocycles. The van der Waals surface area contributed by atoms with Crippen LogP contribution in [0.25, 0.3) is 81.0 Å². The summed E-state index contributed by atoms with van der Waals surface area (Å²) in [6.45, 7) is 0. The molecule has 70 heavy (non-hydrogen) atoms. The molecular formula is C67H44N2S. The predicted octanol–water partition coefficient (Wildman–Crippen LogP) is 18.3. The van der Waals surface area contributed by atoms with Crippen LogP contribution in [0.5, 0.6) is 0 Å².